The molecule has 2 heterocycles. The van der Waals surface area contributed by atoms with Crippen LogP contribution in [0.15, 0.2) is 65.4 Å². The highest BCUT2D eigenvalue weighted by Gasteiger charge is 2.19. The molecule has 0 bridgehead atoms. The Morgan fingerprint density at radius 2 is 1.67 bits per heavy atom. The van der Waals surface area contributed by atoms with Crippen LogP contribution >= 0.6 is 0 Å². The average molecular weight is 324 g/mol. The van der Waals surface area contributed by atoms with Crippen LogP contribution in [0.4, 0.5) is 0 Å². The summed E-state index contributed by atoms with van der Waals surface area (Å²) in [7, 11) is 0. The van der Waals surface area contributed by atoms with Gasteiger partial charge in [0.05, 0.1) is 11.8 Å². The van der Waals surface area contributed by atoms with Gasteiger partial charge in [-0.15, -0.1) is 0 Å². The summed E-state index contributed by atoms with van der Waals surface area (Å²) in [5, 5.41) is 0. The summed E-state index contributed by atoms with van der Waals surface area (Å²) in [5.41, 5.74) is 0.323. The van der Waals surface area contributed by atoms with Crippen molar-refractivity contribution in [3.05, 3.63) is 76.5 Å². The number of piperidine rings is 1. The molecule has 0 unspecified atom stereocenters. The molecule has 124 valence electrons. The van der Waals surface area contributed by atoms with Crippen LogP contribution in [-0.4, -0.2) is 28.5 Å². The van der Waals surface area contributed by atoms with Crippen molar-refractivity contribution in [2.24, 2.45) is 0 Å². The Hall–Kier alpha value is -2.82. The predicted molar refractivity (Wildman–Crippen MR) is 92.3 cm³/mol. The summed E-state index contributed by atoms with van der Waals surface area (Å²) in [6, 6.07) is 13.8. The second kappa shape index (κ2) is 7.64. The Bertz CT molecular complexity index is 774. The van der Waals surface area contributed by atoms with Crippen LogP contribution in [-0.2, 0) is 4.74 Å². The first kappa shape index (κ1) is 16.1. The lowest BCUT2D eigenvalue weighted by Crippen LogP contribution is -2.32. The minimum atomic E-state index is -0.420. The van der Waals surface area contributed by atoms with Gasteiger partial charge in [0.1, 0.15) is 0 Å². The van der Waals surface area contributed by atoms with Crippen molar-refractivity contribution < 1.29 is 9.53 Å². The number of carbonyl (C=O) groups is 1. The molecule has 1 aromatic heterocycles. The van der Waals surface area contributed by atoms with E-state index in [1.807, 2.05) is 11.0 Å². The van der Waals surface area contributed by atoms with E-state index in [-0.39, 0.29) is 5.56 Å². The lowest BCUT2D eigenvalue weighted by molar-refractivity contribution is 0.0482. The summed E-state index contributed by atoms with van der Waals surface area (Å²) in [5.74, 6) is -0.00624. The van der Waals surface area contributed by atoms with Crippen molar-refractivity contribution in [2.75, 3.05) is 13.1 Å². The van der Waals surface area contributed by atoms with Gasteiger partial charge in [0.15, 0.2) is 0 Å². The third-order valence-electron chi connectivity index (χ3n) is 3.98. The second-order valence-corrected chi connectivity index (χ2v) is 5.72. The summed E-state index contributed by atoms with van der Waals surface area (Å²) in [6.45, 7) is 1.63. The third kappa shape index (κ3) is 3.93. The summed E-state index contributed by atoms with van der Waals surface area (Å²) in [6.07, 6.45) is 6.51. The maximum Gasteiger partial charge on any atom is 0.344 e. The van der Waals surface area contributed by atoms with E-state index < -0.39 is 5.97 Å². The fourth-order valence-corrected chi connectivity index (χ4v) is 2.68. The van der Waals surface area contributed by atoms with Crippen molar-refractivity contribution in [3.63, 3.8) is 0 Å². The van der Waals surface area contributed by atoms with Crippen LogP contribution in [0.25, 0.3) is 6.20 Å². The topological polar surface area (TPSA) is 51.5 Å². The molecule has 0 saturated carbocycles. The normalized spacial score (nSPS) is 15.2. The maximum atomic E-state index is 12.4. The Balaban J connectivity index is 1.89. The van der Waals surface area contributed by atoms with Crippen LogP contribution in [0.5, 0.6) is 0 Å². The van der Waals surface area contributed by atoms with Crippen molar-refractivity contribution in [2.45, 2.75) is 19.3 Å². The van der Waals surface area contributed by atoms with Crippen molar-refractivity contribution in [1.29, 1.82) is 0 Å². The zero-order valence-corrected chi connectivity index (χ0v) is 13.4. The van der Waals surface area contributed by atoms with E-state index in [1.54, 1.807) is 48.8 Å². The van der Waals surface area contributed by atoms with Crippen molar-refractivity contribution in [1.82, 2.24) is 9.47 Å². The Morgan fingerprint density at radius 3 is 2.38 bits per heavy atom. The van der Waals surface area contributed by atoms with E-state index in [9.17, 15) is 9.59 Å². The quantitative estimate of drug-likeness (QED) is 0.641. The van der Waals surface area contributed by atoms with Gasteiger partial charge in [-0.25, -0.2) is 4.79 Å². The molecule has 1 fully saturated rings. The van der Waals surface area contributed by atoms with E-state index in [0.717, 1.165) is 25.9 Å². The van der Waals surface area contributed by atoms with Crippen LogP contribution in [0.1, 0.15) is 29.6 Å². The Labute approximate surface area is 140 Å². The van der Waals surface area contributed by atoms with E-state index in [0.29, 0.717) is 11.4 Å². The lowest BCUT2D eigenvalue weighted by atomic mass is 10.1. The van der Waals surface area contributed by atoms with Gasteiger partial charge in [-0.1, -0.05) is 24.3 Å². The molecule has 0 N–H and O–H groups in total. The molecule has 24 heavy (non-hydrogen) atoms. The Morgan fingerprint density at radius 1 is 0.958 bits per heavy atom. The molecule has 0 amide bonds. The van der Waals surface area contributed by atoms with E-state index >= 15 is 0 Å². The molecule has 1 aliphatic heterocycles. The number of likely N-dealkylation sites (tertiary alicyclic amines) is 1. The molecule has 1 aliphatic rings. The fourth-order valence-electron chi connectivity index (χ4n) is 2.68. The van der Waals surface area contributed by atoms with Gasteiger partial charge >= 0.3 is 5.97 Å². The molecule has 0 atom stereocenters. The number of carbonyl (C=O) groups excluding carboxylic acids is 1. The number of esters is 1. The number of rotatable bonds is 4. The zero-order chi connectivity index (χ0) is 16.8. The highest BCUT2D eigenvalue weighted by atomic mass is 16.6. The van der Waals surface area contributed by atoms with E-state index in [4.69, 9.17) is 4.74 Å². The molecular weight excluding hydrogens is 304 g/mol. The molecule has 3 rings (SSSR count). The fraction of sp³-hybridized carbons (Fsp3) is 0.263. The number of nitrogens with zero attached hydrogens (tertiary/aromatic N) is 2. The number of pyridine rings is 1. The van der Waals surface area contributed by atoms with E-state index in [2.05, 4.69) is 0 Å². The molecular formula is C19H20N2O3. The van der Waals surface area contributed by atoms with Gasteiger partial charge in [0.25, 0.3) is 5.56 Å². The summed E-state index contributed by atoms with van der Waals surface area (Å²) < 4.78 is 7.06. The van der Waals surface area contributed by atoms with Crippen LogP contribution < -0.4 is 5.56 Å². The summed E-state index contributed by atoms with van der Waals surface area (Å²) in [4.78, 5) is 26.4. The molecule has 1 aromatic carbocycles. The number of hydrogen-bond donors (Lipinski definition) is 0. The van der Waals surface area contributed by atoms with Gasteiger partial charge in [-0.05, 0) is 37.5 Å². The SMILES string of the molecule is O=C(O/C(=C\n1ccccc1=O)N1CCCCC1)c1ccccc1. The van der Waals surface area contributed by atoms with Crippen LogP contribution in [0.3, 0.4) is 0 Å². The van der Waals surface area contributed by atoms with Crippen LogP contribution in [0, 0.1) is 0 Å². The zero-order valence-electron chi connectivity index (χ0n) is 13.4. The van der Waals surface area contributed by atoms with Gasteiger partial charge in [0, 0.05) is 25.4 Å². The molecule has 1 saturated heterocycles. The number of ether oxygens (including phenoxy) is 1. The standard InChI is InChI=1S/C19H20N2O3/c22-17-11-5-8-14-21(17)15-18(20-12-6-2-7-13-20)24-19(23)16-9-3-1-4-10-16/h1,3-5,8-11,14-15H,2,6-7,12-13H2/b18-15-. The molecule has 5 heteroatoms. The molecule has 5 nitrogen and oxygen atoms in total. The number of hydrogen-bond acceptors (Lipinski definition) is 4. The van der Waals surface area contributed by atoms with Crippen LogP contribution in [0.2, 0.25) is 0 Å². The van der Waals surface area contributed by atoms with E-state index in [1.165, 1.54) is 17.1 Å². The summed E-state index contributed by atoms with van der Waals surface area (Å²) >= 11 is 0. The monoisotopic (exact) mass is 324 g/mol. The van der Waals surface area contributed by atoms with Gasteiger partial charge < -0.3 is 9.64 Å². The minimum Gasteiger partial charge on any atom is -0.404 e. The third-order valence-corrected chi connectivity index (χ3v) is 3.98. The van der Waals surface area contributed by atoms with Crippen molar-refractivity contribution in [3.8, 4) is 0 Å². The second-order valence-electron chi connectivity index (χ2n) is 5.72. The first-order chi connectivity index (χ1) is 11.7. The largest absolute Gasteiger partial charge is 0.404 e. The molecule has 0 radical (unpaired) electrons. The van der Waals surface area contributed by atoms with Gasteiger partial charge in [0.2, 0.25) is 5.88 Å². The highest BCUT2D eigenvalue weighted by molar-refractivity contribution is 5.90. The smallest absolute Gasteiger partial charge is 0.344 e. The first-order valence-electron chi connectivity index (χ1n) is 8.15. The van der Waals surface area contributed by atoms with Gasteiger partial charge in [-0.2, -0.15) is 0 Å². The highest BCUT2D eigenvalue weighted by Crippen LogP contribution is 2.18. The molecule has 0 spiro atoms. The molecule has 2 aromatic rings. The molecule has 0 aliphatic carbocycles. The van der Waals surface area contributed by atoms with Crippen molar-refractivity contribution >= 4 is 12.2 Å². The minimum absolute atomic E-state index is 0.164. The lowest BCUT2D eigenvalue weighted by Gasteiger charge is -2.29. The predicted octanol–water partition coefficient (Wildman–Crippen LogP) is 2.95. The average Bonchev–Trinajstić information content (AvgIpc) is 2.64. The number of benzene rings is 1. The Kier molecular flexibility index (Phi) is 5.11. The first-order valence-corrected chi connectivity index (χ1v) is 8.15. The maximum absolute atomic E-state index is 12.4. The van der Waals surface area contributed by atoms with Gasteiger partial charge in [-0.3, -0.25) is 9.36 Å². The number of aromatic nitrogens is 1.